The fraction of sp³-hybridized carbons (Fsp3) is 0.571. The van der Waals surface area contributed by atoms with E-state index in [0.29, 0.717) is 6.42 Å². The van der Waals surface area contributed by atoms with Crippen molar-refractivity contribution < 1.29 is 4.79 Å². The Labute approximate surface area is 80.7 Å². The van der Waals surface area contributed by atoms with Crippen LogP contribution < -0.4 is 5.32 Å². The van der Waals surface area contributed by atoms with Gasteiger partial charge in [-0.3, -0.25) is 10.1 Å². The molecule has 1 N–H and O–H groups in total. The maximum Gasteiger partial charge on any atom is 0.270 e. The van der Waals surface area contributed by atoms with Gasteiger partial charge in [0.15, 0.2) is 0 Å². The largest absolute Gasteiger partial charge is 0.291 e. The SMILES string of the molecule is CCC(C#N)C(=O)Nc1nnn(C)n1. The summed E-state index contributed by atoms with van der Waals surface area (Å²) >= 11 is 0. The molecule has 1 aromatic heterocycles. The number of aromatic nitrogens is 4. The minimum atomic E-state index is -0.668. The lowest BCUT2D eigenvalue weighted by Crippen LogP contribution is -2.21. The molecule has 74 valence electrons. The first-order valence-electron chi connectivity index (χ1n) is 4.11. The van der Waals surface area contributed by atoms with E-state index in [2.05, 4.69) is 20.7 Å². The zero-order chi connectivity index (χ0) is 10.6. The molecule has 0 spiro atoms. The highest BCUT2D eigenvalue weighted by Gasteiger charge is 2.16. The first-order valence-corrected chi connectivity index (χ1v) is 4.11. The monoisotopic (exact) mass is 194 g/mol. The van der Waals surface area contributed by atoms with Crippen molar-refractivity contribution in [3.8, 4) is 6.07 Å². The van der Waals surface area contributed by atoms with Crippen molar-refractivity contribution in [2.24, 2.45) is 13.0 Å². The second-order valence-corrected chi connectivity index (χ2v) is 2.68. The van der Waals surface area contributed by atoms with Gasteiger partial charge < -0.3 is 0 Å². The maximum absolute atomic E-state index is 11.3. The van der Waals surface area contributed by atoms with Crippen LogP contribution in [0.25, 0.3) is 0 Å². The number of nitriles is 1. The average Bonchev–Trinajstić information content (AvgIpc) is 2.53. The molecule has 0 aliphatic rings. The fourth-order valence-corrected chi connectivity index (χ4v) is 0.867. The molecule has 7 heteroatoms. The second-order valence-electron chi connectivity index (χ2n) is 2.68. The summed E-state index contributed by atoms with van der Waals surface area (Å²) in [5.74, 6) is -0.951. The molecule has 1 aromatic rings. The zero-order valence-electron chi connectivity index (χ0n) is 7.93. The van der Waals surface area contributed by atoms with E-state index in [9.17, 15) is 4.79 Å². The lowest BCUT2D eigenvalue weighted by atomic mass is 10.1. The normalized spacial score (nSPS) is 11.8. The van der Waals surface area contributed by atoms with Gasteiger partial charge in [-0.15, -0.1) is 5.10 Å². The summed E-state index contributed by atoms with van der Waals surface area (Å²) in [6, 6.07) is 1.88. The van der Waals surface area contributed by atoms with Gasteiger partial charge in [0.1, 0.15) is 5.92 Å². The van der Waals surface area contributed by atoms with Crippen LogP contribution >= 0.6 is 0 Å². The van der Waals surface area contributed by atoms with E-state index in [1.165, 1.54) is 4.80 Å². The van der Waals surface area contributed by atoms with E-state index >= 15 is 0 Å². The number of anilines is 1. The number of hydrogen-bond donors (Lipinski definition) is 1. The Morgan fingerprint density at radius 3 is 2.93 bits per heavy atom. The Bertz CT molecular complexity index is 365. The molecule has 1 unspecified atom stereocenters. The van der Waals surface area contributed by atoms with Crippen LogP contribution in [0.15, 0.2) is 0 Å². The molecule has 14 heavy (non-hydrogen) atoms. The molecule has 0 bridgehead atoms. The van der Waals surface area contributed by atoms with E-state index in [0.717, 1.165) is 0 Å². The van der Waals surface area contributed by atoms with Gasteiger partial charge in [0, 0.05) is 0 Å². The third kappa shape index (κ3) is 2.26. The summed E-state index contributed by atoms with van der Waals surface area (Å²) in [4.78, 5) is 12.6. The minimum absolute atomic E-state index is 0.117. The van der Waals surface area contributed by atoms with Crippen LogP contribution in [0.4, 0.5) is 5.95 Å². The van der Waals surface area contributed by atoms with Gasteiger partial charge in [-0.05, 0) is 11.6 Å². The molecule has 1 rings (SSSR count). The molecular weight excluding hydrogens is 184 g/mol. The third-order valence-corrected chi connectivity index (χ3v) is 1.62. The maximum atomic E-state index is 11.3. The van der Waals surface area contributed by atoms with Crippen molar-refractivity contribution in [1.82, 2.24) is 20.2 Å². The highest BCUT2D eigenvalue weighted by Crippen LogP contribution is 2.03. The van der Waals surface area contributed by atoms with Gasteiger partial charge in [-0.2, -0.15) is 10.1 Å². The number of carbonyl (C=O) groups excluding carboxylic acids is 1. The predicted octanol–water partition coefficient (Wildman–Crippen LogP) is -0.302. The molecule has 1 atom stereocenters. The van der Waals surface area contributed by atoms with Crippen LogP contribution in [0.1, 0.15) is 13.3 Å². The summed E-state index contributed by atoms with van der Waals surface area (Å²) < 4.78 is 0. The van der Waals surface area contributed by atoms with Crippen LogP contribution in [0.2, 0.25) is 0 Å². The van der Waals surface area contributed by atoms with Gasteiger partial charge in [0.25, 0.3) is 5.95 Å². The van der Waals surface area contributed by atoms with E-state index < -0.39 is 11.8 Å². The van der Waals surface area contributed by atoms with Crippen molar-refractivity contribution in [2.45, 2.75) is 13.3 Å². The summed E-state index contributed by atoms with van der Waals surface area (Å²) in [7, 11) is 1.59. The van der Waals surface area contributed by atoms with Crippen molar-refractivity contribution in [2.75, 3.05) is 5.32 Å². The number of aryl methyl sites for hydroxylation is 1. The number of tetrazole rings is 1. The first-order chi connectivity index (χ1) is 6.67. The molecule has 0 radical (unpaired) electrons. The van der Waals surface area contributed by atoms with Crippen LogP contribution in [0.5, 0.6) is 0 Å². The molecule has 0 saturated carbocycles. The van der Waals surface area contributed by atoms with Crippen molar-refractivity contribution >= 4 is 11.9 Å². The van der Waals surface area contributed by atoms with E-state index in [4.69, 9.17) is 5.26 Å². The molecule has 1 amide bonds. The Morgan fingerprint density at radius 1 is 1.79 bits per heavy atom. The molecule has 1 heterocycles. The number of hydrogen-bond acceptors (Lipinski definition) is 5. The van der Waals surface area contributed by atoms with Crippen molar-refractivity contribution in [1.29, 1.82) is 5.26 Å². The van der Waals surface area contributed by atoms with Gasteiger partial charge in [-0.25, -0.2) is 0 Å². The van der Waals surface area contributed by atoms with Crippen molar-refractivity contribution in [3.63, 3.8) is 0 Å². The smallest absolute Gasteiger partial charge is 0.270 e. The molecule has 0 aliphatic carbocycles. The Morgan fingerprint density at radius 2 is 2.50 bits per heavy atom. The molecule has 7 nitrogen and oxygen atoms in total. The van der Waals surface area contributed by atoms with Gasteiger partial charge in [0.2, 0.25) is 5.91 Å². The van der Waals surface area contributed by atoms with Gasteiger partial charge in [0.05, 0.1) is 13.1 Å². The number of rotatable bonds is 3. The topological polar surface area (TPSA) is 96.5 Å². The summed E-state index contributed by atoms with van der Waals surface area (Å²) in [6.07, 6.45) is 0.461. The number of nitrogens with one attached hydrogen (secondary N) is 1. The fourth-order valence-electron chi connectivity index (χ4n) is 0.867. The quantitative estimate of drug-likeness (QED) is 0.712. The number of nitrogens with zero attached hydrogens (tertiary/aromatic N) is 5. The van der Waals surface area contributed by atoms with Crippen LogP contribution in [-0.4, -0.2) is 26.1 Å². The lowest BCUT2D eigenvalue weighted by Gasteiger charge is -2.03. The highest BCUT2D eigenvalue weighted by atomic mass is 16.2. The third-order valence-electron chi connectivity index (χ3n) is 1.62. The summed E-state index contributed by atoms with van der Waals surface area (Å²) in [5.41, 5.74) is 0. The average molecular weight is 194 g/mol. The Hall–Kier alpha value is -1.97. The standard InChI is InChI=1S/C7H10N6O/c1-3-5(4-8)6(14)9-7-10-12-13(2)11-7/h5H,3H2,1-2H3,(H,9,11,14). The zero-order valence-corrected chi connectivity index (χ0v) is 7.93. The Balaban J connectivity index is 2.62. The first kappa shape index (κ1) is 10.1. The van der Waals surface area contributed by atoms with Crippen molar-refractivity contribution in [3.05, 3.63) is 0 Å². The van der Waals surface area contributed by atoms with Crippen LogP contribution in [-0.2, 0) is 11.8 Å². The predicted molar refractivity (Wildman–Crippen MR) is 46.8 cm³/mol. The van der Waals surface area contributed by atoms with E-state index in [-0.39, 0.29) is 5.95 Å². The van der Waals surface area contributed by atoms with Crippen LogP contribution in [0, 0.1) is 17.2 Å². The molecule has 0 saturated heterocycles. The summed E-state index contributed by atoms with van der Waals surface area (Å²) in [6.45, 7) is 1.76. The van der Waals surface area contributed by atoms with E-state index in [1.807, 2.05) is 6.07 Å². The molecule has 0 aliphatic heterocycles. The number of amides is 1. The number of carbonyl (C=O) groups is 1. The second kappa shape index (κ2) is 4.32. The lowest BCUT2D eigenvalue weighted by molar-refractivity contribution is -0.118. The molecule has 0 aromatic carbocycles. The summed E-state index contributed by atoms with van der Waals surface area (Å²) in [5, 5.41) is 21.9. The molecular formula is C7H10N6O. The van der Waals surface area contributed by atoms with Crippen LogP contribution in [0.3, 0.4) is 0 Å². The van der Waals surface area contributed by atoms with Gasteiger partial charge in [-0.1, -0.05) is 12.0 Å². The highest BCUT2D eigenvalue weighted by molar-refractivity contribution is 5.92. The van der Waals surface area contributed by atoms with Gasteiger partial charge >= 0.3 is 0 Å². The van der Waals surface area contributed by atoms with E-state index in [1.54, 1.807) is 14.0 Å². The molecule has 0 fully saturated rings. The minimum Gasteiger partial charge on any atom is -0.291 e. The Kier molecular flexibility index (Phi) is 3.12.